The molecule has 0 saturated carbocycles. The van der Waals surface area contributed by atoms with Crippen LogP contribution in [-0.2, 0) is 16.1 Å². The summed E-state index contributed by atoms with van der Waals surface area (Å²) in [6.45, 7) is 2.76. The van der Waals surface area contributed by atoms with Crippen molar-refractivity contribution in [3.63, 3.8) is 0 Å². The summed E-state index contributed by atoms with van der Waals surface area (Å²) in [5.41, 5.74) is 1.88. The van der Waals surface area contributed by atoms with Crippen molar-refractivity contribution < 1.29 is 14.3 Å². The fourth-order valence-electron chi connectivity index (χ4n) is 2.55. The summed E-state index contributed by atoms with van der Waals surface area (Å²) < 4.78 is 11.3. The Hall–Kier alpha value is -2.37. The molecule has 1 unspecified atom stereocenters. The maximum absolute atomic E-state index is 12.0. The standard InChI is InChI=1S/C19H22N2O3/c22-19(12-18-13-20-10-11-23-18)21-16-6-8-17(9-7-16)24-14-15-4-2-1-3-5-15/h1-9,18,20H,10-14H2,(H,21,22). The molecular formula is C19H22N2O3. The molecule has 2 N–H and O–H groups in total. The van der Waals surface area contributed by atoms with Gasteiger partial charge < -0.3 is 20.1 Å². The first-order valence-electron chi connectivity index (χ1n) is 8.18. The van der Waals surface area contributed by atoms with Gasteiger partial charge in [0.1, 0.15) is 12.4 Å². The number of hydrogen-bond donors (Lipinski definition) is 2. The van der Waals surface area contributed by atoms with Crippen LogP contribution in [0.4, 0.5) is 5.69 Å². The van der Waals surface area contributed by atoms with E-state index in [4.69, 9.17) is 9.47 Å². The van der Waals surface area contributed by atoms with E-state index in [-0.39, 0.29) is 12.0 Å². The topological polar surface area (TPSA) is 59.6 Å². The number of carbonyl (C=O) groups excluding carboxylic acids is 1. The van der Waals surface area contributed by atoms with E-state index < -0.39 is 0 Å². The Kier molecular flexibility index (Phi) is 5.82. The number of ether oxygens (including phenoxy) is 2. The average molecular weight is 326 g/mol. The summed E-state index contributed by atoms with van der Waals surface area (Å²) in [6.07, 6.45) is 0.312. The first-order chi connectivity index (χ1) is 11.8. The molecule has 0 aliphatic carbocycles. The molecule has 126 valence electrons. The normalized spacial score (nSPS) is 17.2. The van der Waals surface area contributed by atoms with E-state index in [1.807, 2.05) is 54.6 Å². The van der Waals surface area contributed by atoms with Gasteiger partial charge in [-0.1, -0.05) is 30.3 Å². The largest absolute Gasteiger partial charge is 0.489 e. The van der Waals surface area contributed by atoms with Crippen molar-refractivity contribution >= 4 is 11.6 Å². The second-order valence-electron chi connectivity index (χ2n) is 5.75. The summed E-state index contributed by atoms with van der Waals surface area (Å²) >= 11 is 0. The van der Waals surface area contributed by atoms with Gasteiger partial charge in [0.05, 0.1) is 19.1 Å². The van der Waals surface area contributed by atoms with E-state index in [1.165, 1.54) is 0 Å². The molecule has 0 radical (unpaired) electrons. The van der Waals surface area contributed by atoms with Crippen molar-refractivity contribution in [1.29, 1.82) is 0 Å². The van der Waals surface area contributed by atoms with Crippen molar-refractivity contribution in [2.24, 2.45) is 0 Å². The molecule has 5 nitrogen and oxygen atoms in total. The minimum absolute atomic E-state index is 0.0401. The third kappa shape index (κ3) is 5.08. The number of amides is 1. The molecule has 1 aliphatic heterocycles. The lowest BCUT2D eigenvalue weighted by Crippen LogP contribution is -2.40. The van der Waals surface area contributed by atoms with E-state index in [0.29, 0.717) is 19.6 Å². The van der Waals surface area contributed by atoms with Crippen molar-refractivity contribution in [2.75, 3.05) is 25.0 Å². The zero-order valence-electron chi connectivity index (χ0n) is 13.5. The van der Waals surface area contributed by atoms with E-state index in [1.54, 1.807) is 0 Å². The van der Waals surface area contributed by atoms with Gasteiger partial charge in [0.25, 0.3) is 0 Å². The zero-order valence-corrected chi connectivity index (χ0v) is 13.5. The van der Waals surface area contributed by atoms with Gasteiger partial charge in [0.2, 0.25) is 5.91 Å². The van der Waals surface area contributed by atoms with E-state index in [9.17, 15) is 4.79 Å². The lowest BCUT2D eigenvalue weighted by Gasteiger charge is -2.23. The van der Waals surface area contributed by atoms with E-state index in [2.05, 4.69) is 10.6 Å². The number of benzene rings is 2. The van der Waals surface area contributed by atoms with Gasteiger partial charge in [-0.05, 0) is 29.8 Å². The van der Waals surface area contributed by atoms with E-state index >= 15 is 0 Å². The van der Waals surface area contributed by atoms with Crippen LogP contribution in [0.25, 0.3) is 0 Å². The summed E-state index contributed by atoms with van der Waals surface area (Å²) in [4.78, 5) is 12.0. The highest BCUT2D eigenvalue weighted by Crippen LogP contribution is 2.17. The Bertz CT molecular complexity index is 637. The Morgan fingerprint density at radius 2 is 1.96 bits per heavy atom. The maximum Gasteiger partial charge on any atom is 0.227 e. The average Bonchev–Trinajstić information content (AvgIpc) is 2.63. The Balaban J connectivity index is 1.46. The van der Waals surface area contributed by atoms with Gasteiger partial charge in [0.15, 0.2) is 0 Å². The zero-order chi connectivity index (χ0) is 16.6. The fourth-order valence-corrected chi connectivity index (χ4v) is 2.55. The Labute approximate surface area is 142 Å². The molecule has 0 aromatic heterocycles. The van der Waals surface area contributed by atoms with Crippen LogP contribution in [-0.4, -0.2) is 31.7 Å². The fraction of sp³-hybridized carbons (Fsp3) is 0.316. The summed E-state index contributed by atoms with van der Waals surface area (Å²) in [5, 5.41) is 6.11. The van der Waals surface area contributed by atoms with Gasteiger partial charge >= 0.3 is 0 Å². The molecule has 0 bridgehead atoms. The first kappa shape index (κ1) is 16.5. The number of hydrogen-bond acceptors (Lipinski definition) is 4. The molecule has 3 rings (SSSR count). The van der Waals surface area contributed by atoms with Crippen LogP contribution in [0.3, 0.4) is 0 Å². The second kappa shape index (κ2) is 8.47. The molecule has 2 aromatic rings. The number of nitrogens with one attached hydrogen (secondary N) is 2. The highest BCUT2D eigenvalue weighted by Gasteiger charge is 2.17. The maximum atomic E-state index is 12.0. The highest BCUT2D eigenvalue weighted by molar-refractivity contribution is 5.91. The Morgan fingerprint density at radius 3 is 2.67 bits per heavy atom. The second-order valence-corrected chi connectivity index (χ2v) is 5.75. The quantitative estimate of drug-likeness (QED) is 0.857. The Morgan fingerprint density at radius 1 is 1.17 bits per heavy atom. The molecule has 1 atom stereocenters. The molecule has 1 heterocycles. The van der Waals surface area contributed by atoms with Crippen LogP contribution in [0.2, 0.25) is 0 Å². The van der Waals surface area contributed by atoms with Gasteiger partial charge in [-0.15, -0.1) is 0 Å². The van der Waals surface area contributed by atoms with Crippen molar-refractivity contribution in [3.8, 4) is 5.75 Å². The number of morpholine rings is 1. The van der Waals surface area contributed by atoms with Crippen LogP contribution in [0, 0.1) is 0 Å². The van der Waals surface area contributed by atoms with Crippen molar-refractivity contribution in [1.82, 2.24) is 5.32 Å². The minimum atomic E-state index is -0.0489. The SMILES string of the molecule is O=C(CC1CNCCO1)Nc1ccc(OCc2ccccc2)cc1. The van der Waals surface area contributed by atoms with Gasteiger partial charge in [-0.3, -0.25) is 4.79 Å². The van der Waals surface area contributed by atoms with Crippen LogP contribution in [0.5, 0.6) is 5.75 Å². The number of anilines is 1. The van der Waals surface area contributed by atoms with Crippen LogP contribution in [0.1, 0.15) is 12.0 Å². The molecule has 24 heavy (non-hydrogen) atoms. The molecule has 1 aliphatic rings. The number of carbonyl (C=O) groups is 1. The lowest BCUT2D eigenvalue weighted by atomic mass is 10.2. The molecule has 1 amide bonds. The van der Waals surface area contributed by atoms with Crippen LogP contribution >= 0.6 is 0 Å². The third-order valence-corrected chi connectivity index (χ3v) is 3.80. The summed E-state index contributed by atoms with van der Waals surface area (Å²) in [6, 6.07) is 17.4. The molecule has 1 fully saturated rings. The summed E-state index contributed by atoms with van der Waals surface area (Å²) in [5.74, 6) is 0.735. The third-order valence-electron chi connectivity index (χ3n) is 3.80. The summed E-state index contributed by atoms with van der Waals surface area (Å²) in [7, 11) is 0. The molecule has 5 heteroatoms. The molecule has 2 aromatic carbocycles. The smallest absolute Gasteiger partial charge is 0.227 e. The molecule has 1 saturated heterocycles. The number of rotatable bonds is 6. The minimum Gasteiger partial charge on any atom is -0.489 e. The van der Waals surface area contributed by atoms with Gasteiger partial charge in [-0.2, -0.15) is 0 Å². The van der Waals surface area contributed by atoms with Crippen LogP contribution in [0.15, 0.2) is 54.6 Å². The van der Waals surface area contributed by atoms with Crippen molar-refractivity contribution in [3.05, 3.63) is 60.2 Å². The van der Waals surface area contributed by atoms with Crippen molar-refractivity contribution in [2.45, 2.75) is 19.1 Å². The van der Waals surface area contributed by atoms with Crippen LogP contribution < -0.4 is 15.4 Å². The monoisotopic (exact) mass is 326 g/mol. The molecular weight excluding hydrogens is 304 g/mol. The predicted molar refractivity (Wildman–Crippen MR) is 93.1 cm³/mol. The highest BCUT2D eigenvalue weighted by atomic mass is 16.5. The molecule has 0 spiro atoms. The van der Waals surface area contributed by atoms with Gasteiger partial charge in [-0.25, -0.2) is 0 Å². The predicted octanol–water partition coefficient (Wildman–Crippen LogP) is 2.58. The van der Waals surface area contributed by atoms with E-state index in [0.717, 1.165) is 30.1 Å². The lowest BCUT2D eigenvalue weighted by molar-refractivity contribution is -0.119. The first-order valence-corrected chi connectivity index (χ1v) is 8.18. The van der Waals surface area contributed by atoms with Gasteiger partial charge in [0, 0.05) is 18.8 Å².